The summed E-state index contributed by atoms with van der Waals surface area (Å²) in [5, 5.41) is 13.4. The van der Waals surface area contributed by atoms with E-state index >= 15 is 0 Å². The average molecular weight is 364 g/mol. The summed E-state index contributed by atoms with van der Waals surface area (Å²) in [4.78, 5) is 13.9. The first kappa shape index (κ1) is 16.6. The second-order valence-corrected chi connectivity index (χ2v) is 8.01. The molecule has 0 aromatic heterocycles. The van der Waals surface area contributed by atoms with Crippen LogP contribution in [0.2, 0.25) is 0 Å². The number of carbonyl (C=O) groups excluding carboxylic acids is 1. The van der Waals surface area contributed by atoms with Crippen LogP contribution in [0.25, 0.3) is 0 Å². The number of phenols is 1. The van der Waals surface area contributed by atoms with Crippen molar-refractivity contribution >= 4 is 17.3 Å². The van der Waals surface area contributed by atoms with Crippen LogP contribution in [-0.2, 0) is 21.6 Å². The maximum Gasteiger partial charge on any atom is 0.223 e. The predicted molar refractivity (Wildman–Crippen MR) is 104 cm³/mol. The third kappa shape index (κ3) is 2.38. The van der Waals surface area contributed by atoms with Crippen molar-refractivity contribution in [2.75, 3.05) is 23.4 Å². The Balaban J connectivity index is 1.63. The number of phenolic OH excluding ortho intramolecular Hbond substituents is 1. The number of nitrogens with zero attached hydrogens (tertiary/aromatic N) is 1. The molecule has 5 rings (SSSR count). The molecule has 3 atom stereocenters. The van der Waals surface area contributed by atoms with E-state index in [1.54, 1.807) is 19.1 Å². The van der Waals surface area contributed by atoms with Crippen molar-refractivity contribution < 1.29 is 14.6 Å². The highest BCUT2D eigenvalue weighted by Gasteiger charge is 2.50. The van der Waals surface area contributed by atoms with E-state index < -0.39 is 0 Å². The first-order valence-corrected chi connectivity index (χ1v) is 9.62. The Kier molecular flexibility index (Phi) is 3.53. The van der Waals surface area contributed by atoms with E-state index in [0.29, 0.717) is 5.92 Å². The summed E-state index contributed by atoms with van der Waals surface area (Å²) in [5.41, 5.74) is 5.28. The lowest BCUT2D eigenvalue weighted by Crippen LogP contribution is -2.40. The summed E-state index contributed by atoms with van der Waals surface area (Å²) in [5.74, 6) is 0.675. The Labute approximate surface area is 158 Å². The zero-order chi connectivity index (χ0) is 18.8. The van der Waals surface area contributed by atoms with Gasteiger partial charge in [-0.3, -0.25) is 4.79 Å². The molecule has 2 N–H and O–H groups in total. The van der Waals surface area contributed by atoms with Crippen molar-refractivity contribution in [3.63, 3.8) is 0 Å². The van der Waals surface area contributed by atoms with Crippen molar-refractivity contribution in [1.82, 2.24) is 0 Å². The highest BCUT2D eigenvalue weighted by Crippen LogP contribution is 2.55. The second-order valence-electron chi connectivity index (χ2n) is 8.01. The van der Waals surface area contributed by atoms with E-state index in [0.717, 1.165) is 42.9 Å². The standard InChI is InChI=1S/C22H24N2O3/c1-13(25)24-9-7-15-11-18-19(12-20(15)24)23-21(14-3-5-16(26)6-4-14)17-8-10-27-22(17,18)2/h3-6,11-12,17,21,23,26H,7-10H2,1-2H3/t17-,21-,22-/m0/s1. The zero-order valence-electron chi connectivity index (χ0n) is 15.7. The van der Waals surface area contributed by atoms with Gasteiger partial charge in [-0.05, 0) is 55.2 Å². The quantitative estimate of drug-likeness (QED) is 0.810. The van der Waals surface area contributed by atoms with Crippen molar-refractivity contribution in [3.05, 3.63) is 53.1 Å². The smallest absolute Gasteiger partial charge is 0.223 e. The van der Waals surface area contributed by atoms with Gasteiger partial charge < -0.3 is 20.1 Å². The molecule has 140 valence electrons. The minimum absolute atomic E-state index is 0.0841. The summed E-state index contributed by atoms with van der Waals surface area (Å²) in [7, 11) is 0. The Bertz CT molecular complexity index is 924. The van der Waals surface area contributed by atoms with Crippen molar-refractivity contribution in [1.29, 1.82) is 0 Å². The van der Waals surface area contributed by atoms with E-state index in [4.69, 9.17) is 4.74 Å². The number of nitrogens with one attached hydrogen (secondary N) is 1. The second kappa shape index (κ2) is 5.73. The SMILES string of the molecule is CC(=O)N1CCc2cc3c(cc21)N[C@@H](c1ccc(O)cc1)[C@@H]1CCO[C@]31C. The number of hydrogen-bond donors (Lipinski definition) is 2. The van der Waals surface area contributed by atoms with Crippen LogP contribution in [0.3, 0.4) is 0 Å². The molecule has 0 bridgehead atoms. The van der Waals surface area contributed by atoms with Crippen molar-refractivity contribution in [2.24, 2.45) is 5.92 Å². The van der Waals surface area contributed by atoms with Crippen LogP contribution >= 0.6 is 0 Å². The summed E-state index contributed by atoms with van der Waals surface area (Å²) >= 11 is 0. The maximum atomic E-state index is 12.0. The Morgan fingerprint density at radius 2 is 2.07 bits per heavy atom. The molecule has 0 unspecified atom stereocenters. The van der Waals surface area contributed by atoms with Crippen LogP contribution in [0, 0.1) is 5.92 Å². The van der Waals surface area contributed by atoms with E-state index in [-0.39, 0.29) is 23.3 Å². The fraction of sp³-hybridized carbons (Fsp3) is 0.409. The molecule has 0 saturated carbocycles. The number of rotatable bonds is 1. The number of anilines is 2. The van der Waals surface area contributed by atoms with Gasteiger partial charge in [0.2, 0.25) is 5.91 Å². The van der Waals surface area contributed by atoms with Crippen LogP contribution in [0.4, 0.5) is 11.4 Å². The van der Waals surface area contributed by atoms with Gasteiger partial charge in [0.25, 0.3) is 0 Å². The van der Waals surface area contributed by atoms with E-state index in [1.807, 2.05) is 17.0 Å². The average Bonchev–Trinajstić information content (AvgIpc) is 3.24. The first-order chi connectivity index (χ1) is 13.0. The highest BCUT2D eigenvalue weighted by atomic mass is 16.5. The van der Waals surface area contributed by atoms with Gasteiger partial charge in [-0.15, -0.1) is 0 Å². The van der Waals surface area contributed by atoms with Crippen LogP contribution in [0.1, 0.15) is 43.0 Å². The Morgan fingerprint density at radius 3 is 2.81 bits per heavy atom. The third-order valence-electron chi connectivity index (χ3n) is 6.53. The predicted octanol–water partition coefficient (Wildman–Crippen LogP) is 3.72. The number of hydrogen-bond acceptors (Lipinski definition) is 4. The Morgan fingerprint density at radius 1 is 1.30 bits per heavy atom. The first-order valence-electron chi connectivity index (χ1n) is 9.62. The number of amides is 1. The largest absolute Gasteiger partial charge is 0.508 e. The van der Waals surface area contributed by atoms with Gasteiger partial charge in [-0.25, -0.2) is 0 Å². The molecule has 0 radical (unpaired) electrons. The lowest BCUT2D eigenvalue weighted by molar-refractivity contribution is -0.116. The molecule has 5 nitrogen and oxygen atoms in total. The van der Waals surface area contributed by atoms with Crippen LogP contribution in [0.5, 0.6) is 5.75 Å². The fourth-order valence-corrected chi connectivity index (χ4v) is 5.10. The van der Waals surface area contributed by atoms with Gasteiger partial charge in [0.1, 0.15) is 5.75 Å². The number of carbonyl (C=O) groups is 1. The molecule has 3 aliphatic heterocycles. The van der Waals surface area contributed by atoms with E-state index in [1.165, 1.54) is 11.1 Å². The topological polar surface area (TPSA) is 61.8 Å². The van der Waals surface area contributed by atoms with Gasteiger partial charge in [0.15, 0.2) is 0 Å². The molecule has 3 heterocycles. The van der Waals surface area contributed by atoms with Crippen molar-refractivity contribution in [2.45, 2.75) is 38.3 Å². The lowest BCUT2D eigenvalue weighted by atomic mass is 9.72. The van der Waals surface area contributed by atoms with Crippen LogP contribution in [0.15, 0.2) is 36.4 Å². The molecule has 1 fully saturated rings. The molecule has 5 heteroatoms. The zero-order valence-corrected chi connectivity index (χ0v) is 15.7. The minimum Gasteiger partial charge on any atom is -0.508 e. The maximum absolute atomic E-state index is 12.0. The number of ether oxygens (including phenoxy) is 1. The van der Waals surface area contributed by atoms with Gasteiger partial charge in [-0.2, -0.15) is 0 Å². The van der Waals surface area contributed by atoms with Crippen LogP contribution < -0.4 is 10.2 Å². The summed E-state index contributed by atoms with van der Waals surface area (Å²) in [6.45, 7) is 5.31. The number of benzene rings is 2. The molecule has 1 amide bonds. The van der Waals surface area contributed by atoms with E-state index in [9.17, 15) is 9.90 Å². The van der Waals surface area contributed by atoms with E-state index in [2.05, 4.69) is 24.4 Å². The lowest BCUT2D eigenvalue weighted by Gasteiger charge is -2.43. The van der Waals surface area contributed by atoms with Gasteiger partial charge >= 0.3 is 0 Å². The molecule has 27 heavy (non-hydrogen) atoms. The summed E-state index contributed by atoms with van der Waals surface area (Å²) in [6.07, 6.45) is 1.88. The molecule has 0 aliphatic carbocycles. The third-order valence-corrected chi connectivity index (χ3v) is 6.53. The molecular weight excluding hydrogens is 340 g/mol. The number of aromatic hydroxyl groups is 1. The van der Waals surface area contributed by atoms with Gasteiger partial charge in [-0.1, -0.05) is 12.1 Å². The number of fused-ring (bicyclic) bond motifs is 4. The normalized spacial score (nSPS) is 28.3. The molecule has 2 aromatic carbocycles. The van der Waals surface area contributed by atoms with Crippen LogP contribution in [-0.4, -0.2) is 24.2 Å². The molecular formula is C22H24N2O3. The van der Waals surface area contributed by atoms with Gasteiger partial charge in [0, 0.05) is 42.9 Å². The molecule has 3 aliphatic rings. The van der Waals surface area contributed by atoms with Crippen molar-refractivity contribution in [3.8, 4) is 5.75 Å². The fourth-order valence-electron chi connectivity index (χ4n) is 5.10. The summed E-state index contributed by atoms with van der Waals surface area (Å²) < 4.78 is 6.31. The Hall–Kier alpha value is -2.53. The molecule has 2 aromatic rings. The molecule has 0 spiro atoms. The monoisotopic (exact) mass is 364 g/mol. The van der Waals surface area contributed by atoms with Gasteiger partial charge in [0.05, 0.1) is 11.6 Å². The highest BCUT2D eigenvalue weighted by molar-refractivity contribution is 5.95. The summed E-state index contributed by atoms with van der Waals surface area (Å²) in [6, 6.07) is 11.9. The molecule has 1 saturated heterocycles. The minimum atomic E-state index is -0.345.